The largest absolute Gasteiger partial charge is 0.503 e. The molecule has 1 aromatic carbocycles. The Morgan fingerprint density at radius 2 is 2.31 bits per heavy atom. The lowest BCUT2D eigenvalue weighted by molar-refractivity contribution is 0.350. The number of hydrogen-bond acceptors (Lipinski definition) is 3. The normalized spacial score (nSPS) is 9.38. The van der Waals surface area contributed by atoms with Crippen molar-refractivity contribution in [2.45, 2.75) is 0 Å². The molecule has 0 saturated carbocycles. The molecule has 68 valence electrons. The molecule has 0 spiro atoms. The van der Waals surface area contributed by atoms with Crippen LogP contribution in [0.15, 0.2) is 6.07 Å². The minimum absolute atomic E-state index is 0.122. The predicted molar refractivity (Wildman–Crippen MR) is 44.3 cm³/mol. The molecule has 0 fully saturated rings. The summed E-state index contributed by atoms with van der Waals surface area (Å²) in [6, 6.07) is 2.69. The third-order valence-corrected chi connectivity index (χ3v) is 1.75. The van der Waals surface area contributed by atoms with Crippen molar-refractivity contribution >= 4 is 11.6 Å². The summed E-state index contributed by atoms with van der Waals surface area (Å²) in [5.74, 6) is -1.82. The van der Waals surface area contributed by atoms with Crippen LogP contribution in [0.3, 0.4) is 0 Å². The topological polar surface area (TPSA) is 53.2 Å². The van der Waals surface area contributed by atoms with Gasteiger partial charge in [-0.25, -0.2) is 4.39 Å². The number of nitriles is 1. The first kappa shape index (κ1) is 9.62. The van der Waals surface area contributed by atoms with E-state index in [1.807, 2.05) is 0 Å². The van der Waals surface area contributed by atoms with Crippen LogP contribution in [0.4, 0.5) is 4.39 Å². The van der Waals surface area contributed by atoms with E-state index >= 15 is 0 Å². The van der Waals surface area contributed by atoms with Gasteiger partial charge in [0.25, 0.3) is 0 Å². The van der Waals surface area contributed by atoms with Crippen molar-refractivity contribution in [1.29, 1.82) is 5.26 Å². The lowest BCUT2D eigenvalue weighted by Gasteiger charge is -2.06. The summed E-state index contributed by atoms with van der Waals surface area (Å²) in [7, 11) is 1.18. The predicted octanol–water partition coefficient (Wildman–Crippen LogP) is 2.06. The van der Waals surface area contributed by atoms with Gasteiger partial charge in [0.15, 0.2) is 17.3 Å². The van der Waals surface area contributed by atoms with E-state index in [0.717, 1.165) is 6.07 Å². The molecule has 0 radical (unpaired) electrons. The highest BCUT2D eigenvalue weighted by Gasteiger charge is 2.17. The molecular weight excluding hydrogens is 197 g/mol. The average molecular weight is 202 g/mol. The monoisotopic (exact) mass is 201 g/mol. The van der Waals surface area contributed by atoms with Crippen molar-refractivity contribution in [3.05, 3.63) is 22.5 Å². The lowest BCUT2D eigenvalue weighted by atomic mass is 10.2. The third kappa shape index (κ3) is 1.51. The molecule has 5 heteroatoms. The fourth-order valence-corrected chi connectivity index (χ4v) is 1.06. The molecule has 1 N–H and O–H groups in total. The summed E-state index contributed by atoms with van der Waals surface area (Å²) in [4.78, 5) is 0. The Hall–Kier alpha value is -1.47. The lowest BCUT2D eigenvalue weighted by Crippen LogP contribution is -1.92. The quantitative estimate of drug-likeness (QED) is 0.757. The second-order valence-electron chi connectivity index (χ2n) is 2.21. The van der Waals surface area contributed by atoms with E-state index in [1.165, 1.54) is 7.11 Å². The van der Waals surface area contributed by atoms with Crippen molar-refractivity contribution in [1.82, 2.24) is 0 Å². The van der Waals surface area contributed by atoms with E-state index in [-0.39, 0.29) is 10.6 Å². The molecule has 0 unspecified atom stereocenters. The third-order valence-electron chi connectivity index (χ3n) is 1.47. The maximum Gasteiger partial charge on any atom is 0.199 e. The van der Waals surface area contributed by atoms with Crippen LogP contribution < -0.4 is 4.74 Å². The van der Waals surface area contributed by atoms with Gasteiger partial charge in [0.1, 0.15) is 6.07 Å². The highest BCUT2D eigenvalue weighted by molar-refractivity contribution is 6.31. The van der Waals surface area contributed by atoms with E-state index in [9.17, 15) is 9.50 Å². The molecule has 0 aliphatic rings. The smallest absolute Gasteiger partial charge is 0.199 e. The van der Waals surface area contributed by atoms with Gasteiger partial charge in [-0.05, 0) is 6.07 Å². The Bertz CT molecular complexity index is 387. The fraction of sp³-hybridized carbons (Fsp3) is 0.125. The number of ether oxygens (including phenoxy) is 1. The minimum Gasteiger partial charge on any atom is -0.503 e. The molecule has 0 heterocycles. The zero-order chi connectivity index (χ0) is 10.0. The summed E-state index contributed by atoms with van der Waals surface area (Å²) in [6.07, 6.45) is 0. The summed E-state index contributed by atoms with van der Waals surface area (Å²) in [5, 5.41) is 17.5. The molecule has 0 atom stereocenters. The van der Waals surface area contributed by atoms with Gasteiger partial charge in [-0.2, -0.15) is 5.26 Å². The van der Waals surface area contributed by atoms with Gasteiger partial charge in [-0.1, -0.05) is 11.6 Å². The Labute approximate surface area is 78.9 Å². The first-order valence-electron chi connectivity index (χ1n) is 3.26. The van der Waals surface area contributed by atoms with Crippen LogP contribution in [0.5, 0.6) is 11.5 Å². The minimum atomic E-state index is -0.874. The number of hydrogen-bond donors (Lipinski definition) is 1. The second-order valence-corrected chi connectivity index (χ2v) is 2.62. The van der Waals surface area contributed by atoms with Crippen molar-refractivity contribution in [3.63, 3.8) is 0 Å². The first-order chi connectivity index (χ1) is 6.11. The van der Waals surface area contributed by atoms with Gasteiger partial charge in [0, 0.05) is 0 Å². The van der Waals surface area contributed by atoms with Crippen LogP contribution >= 0.6 is 11.6 Å². The van der Waals surface area contributed by atoms with E-state index in [2.05, 4.69) is 4.74 Å². The van der Waals surface area contributed by atoms with Crippen LogP contribution in [-0.4, -0.2) is 12.2 Å². The van der Waals surface area contributed by atoms with Crippen molar-refractivity contribution in [2.24, 2.45) is 0 Å². The summed E-state index contributed by atoms with van der Waals surface area (Å²) < 4.78 is 17.6. The van der Waals surface area contributed by atoms with E-state index < -0.39 is 17.3 Å². The summed E-state index contributed by atoms with van der Waals surface area (Å²) in [5.41, 5.74) is -0.122. The van der Waals surface area contributed by atoms with Crippen LogP contribution in [0.2, 0.25) is 5.02 Å². The van der Waals surface area contributed by atoms with Crippen molar-refractivity contribution in [3.8, 4) is 17.6 Å². The molecule has 3 nitrogen and oxygen atoms in total. The van der Waals surface area contributed by atoms with E-state index in [4.69, 9.17) is 16.9 Å². The van der Waals surface area contributed by atoms with E-state index in [0.29, 0.717) is 0 Å². The van der Waals surface area contributed by atoms with Crippen LogP contribution in [0, 0.1) is 17.1 Å². The van der Waals surface area contributed by atoms with Gasteiger partial charge in [-0.3, -0.25) is 0 Å². The highest BCUT2D eigenvalue weighted by Crippen LogP contribution is 2.36. The molecule has 0 aromatic heterocycles. The number of phenols is 1. The van der Waals surface area contributed by atoms with Crippen LogP contribution in [0.1, 0.15) is 5.56 Å². The Morgan fingerprint density at radius 3 is 2.77 bits per heavy atom. The maximum absolute atomic E-state index is 13.1. The number of nitrogens with zero attached hydrogens (tertiary/aromatic N) is 1. The Balaban J connectivity index is 3.50. The fourth-order valence-electron chi connectivity index (χ4n) is 0.865. The molecule has 0 amide bonds. The van der Waals surface area contributed by atoms with Crippen molar-refractivity contribution < 1.29 is 14.2 Å². The molecule has 0 aliphatic carbocycles. The van der Waals surface area contributed by atoms with Gasteiger partial charge >= 0.3 is 0 Å². The summed E-state index contributed by atoms with van der Waals surface area (Å²) in [6.45, 7) is 0. The maximum atomic E-state index is 13.1. The van der Waals surface area contributed by atoms with Gasteiger partial charge in [0.2, 0.25) is 0 Å². The van der Waals surface area contributed by atoms with Gasteiger partial charge in [0.05, 0.1) is 17.7 Å². The standard InChI is InChI=1S/C8H5ClFNO2/c1-13-8-6(10)5(9)2-4(3-11)7(8)12/h2,12H,1H3. The number of aromatic hydroxyl groups is 1. The van der Waals surface area contributed by atoms with Gasteiger partial charge < -0.3 is 9.84 Å². The molecular formula is C8H5ClFNO2. The Kier molecular flexibility index (Phi) is 2.59. The number of halogens is 2. The number of methoxy groups -OCH3 is 1. The Morgan fingerprint density at radius 1 is 1.69 bits per heavy atom. The average Bonchev–Trinajstić information content (AvgIpc) is 2.12. The van der Waals surface area contributed by atoms with Crippen LogP contribution in [0.25, 0.3) is 0 Å². The first-order valence-corrected chi connectivity index (χ1v) is 3.64. The van der Waals surface area contributed by atoms with Crippen molar-refractivity contribution in [2.75, 3.05) is 7.11 Å². The number of phenolic OH excluding ortho intramolecular Hbond substituents is 1. The van der Waals surface area contributed by atoms with Gasteiger partial charge in [-0.15, -0.1) is 0 Å². The number of rotatable bonds is 1. The molecule has 1 rings (SSSR count). The second kappa shape index (κ2) is 3.50. The van der Waals surface area contributed by atoms with E-state index in [1.54, 1.807) is 6.07 Å². The molecule has 1 aromatic rings. The number of benzene rings is 1. The SMILES string of the molecule is COc1c(O)c(C#N)cc(Cl)c1F. The molecule has 0 saturated heterocycles. The molecule has 0 bridgehead atoms. The zero-order valence-electron chi connectivity index (χ0n) is 6.64. The molecule has 0 aliphatic heterocycles. The summed E-state index contributed by atoms with van der Waals surface area (Å²) >= 11 is 5.43. The zero-order valence-corrected chi connectivity index (χ0v) is 7.39. The highest BCUT2D eigenvalue weighted by atomic mass is 35.5. The molecule has 13 heavy (non-hydrogen) atoms. The van der Waals surface area contributed by atoms with Crippen LogP contribution in [-0.2, 0) is 0 Å².